The SMILES string of the molecule is O=C(OCc1nnc(-c2ccc(Br)cc2)o1)c1cc(N2CCOCC2)ccc1[N+](=O)[O-]. The summed E-state index contributed by atoms with van der Waals surface area (Å²) in [5, 5.41) is 19.2. The lowest BCUT2D eigenvalue weighted by atomic mass is 10.1. The molecule has 0 spiro atoms. The summed E-state index contributed by atoms with van der Waals surface area (Å²) in [6.07, 6.45) is 0. The highest BCUT2D eigenvalue weighted by atomic mass is 79.9. The van der Waals surface area contributed by atoms with E-state index in [9.17, 15) is 14.9 Å². The lowest BCUT2D eigenvalue weighted by Gasteiger charge is -2.29. The number of aromatic nitrogens is 2. The number of rotatable bonds is 6. The van der Waals surface area contributed by atoms with Crippen LogP contribution in [0.5, 0.6) is 0 Å². The van der Waals surface area contributed by atoms with Crippen LogP contribution in [0.25, 0.3) is 11.5 Å². The molecule has 0 amide bonds. The third-order valence-corrected chi connectivity index (χ3v) is 5.19. The Morgan fingerprint density at radius 3 is 2.61 bits per heavy atom. The molecule has 1 fully saturated rings. The van der Waals surface area contributed by atoms with Gasteiger partial charge in [0.05, 0.1) is 18.1 Å². The van der Waals surface area contributed by atoms with Crippen molar-refractivity contribution in [2.45, 2.75) is 6.61 Å². The average Bonchev–Trinajstić information content (AvgIpc) is 3.27. The predicted octanol–water partition coefficient (Wildman–Crippen LogP) is 3.60. The van der Waals surface area contributed by atoms with Crippen molar-refractivity contribution in [3.8, 4) is 11.5 Å². The minimum Gasteiger partial charge on any atom is -0.452 e. The van der Waals surface area contributed by atoms with Crippen LogP contribution in [-0.4, -0.2) is 47.4 Å². The van der Waals surface area contributed by atoms with Gasteiger partial charge in [0, 0.05) is 34.9 Å². The van der Waals surface area contributed by atoms with Crippen LogP contribution in [0.1, 0.15) is 16.2 Å². The largest absolute Gasteiger partial charge is 0.452 e. The standard InChI is InChI=1S/C20H17BrN4O6/c21-14-3-1-13(2-4-14)19-23-22-18(31-19)12-30-20(26)16-11-15(5-6-17(16)25(27)28)24-7-9-29-10-8-24/h1-6,11H,7-10,12H2. The second-order valence-corrected chi connectivity index (χ2v) is 7.56. The molecule has 10 nitrogen and oxygen atoms in total. The van der Waals surface area contributed by atoms with Gasteiger partial charge in [-0.25, -0.2) is 4.79 Å². The number of anilines is 1. The molecule has 31 heavy (non-hydrogen) atoms. The Morgan fingerprint density at radius 1 is 1.16 bits per heavy atom. The van der Waals surface area contributed by atoms with Crippen molar-refractivity contribution in [2.75, 3.05) is 31.2 Å². The van der Waals surface area contributed by atoms with E-state index in [1.54, 1.807) is 18.2 Å². The maximum Gasteiger partial charge on any atom is 0.345 e. The lowest BCUT2D eigenvalue weighted by Crippen LogP contribution is -2.36. The Kier molecular flexibility index (Phi) is 6.23. The molecule has 0 unspecified atom stereocenters. The number of nitro groups is 1. The van der Waals surface area contributed by atoms with Crippen LogP contribution in [0, 0.1) is 10.1 Å². The first-order chi connectivity index (χ1) is 15.0. The predicted molar refractivity (Wildman–Crippen MR) is 113 cm³/mol. The number of carbonyl (C=O) groups is 1. The van der Waals surface area contributed by atoms with Gasteiger partial charge in [0.15, 0.2) is 6.61 Å². The van der Waals surface area contributed by atoms with Gasteiger partial charge in [-0.1, -0.05) is 15.9 Å². The molecular weight excluding hydrogens is 472 g/mol. The van der Waals surface area contributed by atoms with Crippen molar-refractivity contribution in [3.63, 3.8) is 0 Å². The highest BCUT2D eigenvalue weighted by Crippen LogP contribution is 2.27. The van der Waals surface area contributed by atoms with Crippen molar-refractivity contribution in [3.05, 3.63) is 68.5 Å². The number of nitro benzene ring substituents is 1. The smallest absolute Gasteiger partial charge is 0.345 e. The zero-order valence-electron chi connectivity index (χ0n) is 16.2. The fourth-order valence-electron chi connectivity index (χ4n) is 3.09. The van der Waals surface area contributed by atoms with Gasteiger partial charge >= 0.3 is 5.97 Å². The van der Waals surface area contributed by atoms with Crippen molar-refractivity contribution in [1.82, 2.24) is 10.2 Å². The Hall–Kier alpha value is -3.31. The summed E-state index contributed by atoms with van der Waals surface area (Å²) < 4.78 is 17.0. The average molecular weight is 489 g/mol. The van der Waals surface area contributed by atoms with E-state index < -0.39 is 10.9 Å². The van der Waals surface area contributed by atoms with Crippen LogP contribution < -0.4 is 4.90 Å². The van der Waals surface area contributed by atoms with Crippen molar-refractivity contribution < 1.29 is 23.6 Å². The van der Waals surface area contributed by atoms with Crippen LogP contribution in [0.2, 0.25) is 0 Å². The van der Waals surface area contributed by atoms with E-state index in [1.807, 2.05) is 17.0 Å². The number of hydrogen-bond acceptors (Lipinski definition) is 9. The molecular formula is C20H17BrN4O6. The summed E-state index contributed by atoms with van der Waals surface area (Å²) in [5.74, 6) is -0.484. The number of halogens is 1. The number of morpholine rings is 1. The second-order valence-electron chi connectivity index (χ2n) is 6.64. The van der Waals surface area contributed by atoms with E-state index in [4.69, 9.17) is 13.9 Å². The maximum atomic E-state index is 12.6. The Bertz CT molecular complexity index is 1100. The molecule has 1 aliphatic heterocycles. The minimum atomic E-state index is -0.842. The number of ether oxygens (including phenoxy) is 2. The molecule has 0 N–H and O–H groups in total. The summed E-state index contributed by atoms with van der Waals surface area (Å²) in [7, 11) is 0. The zero-order valence-corrected chi connectivity index (χ0v) is 17.8. The lowest BCUT2D eigenvalue weighted by molar-refractivity contribution is -0.385. The highest BCUT2D eigenvalue weighted by Gasteiger charge is 2.24. The molecule has 1 aromatic heterocycles. The fourth-order valence-corrected chi connectivity index (χ4v) is 3.36. The molecule has 11 heteroatoms. The van der Waals surface area contributed by atoms with E-state index in [-0.39, 0.29) is 29.6 Å². The van der Waals surface area contributed by atoms with Crippen molar-refractivity contribution in [1.29, 1.82) is 0 Å². The van der Waals surface area contributed by atoms with Crippen molar-refractivity contribution >= 4 is 33.3 Å². The molecule has 0 atom stereocenters. The van der Waals surface area contributed by atoms with Crippen LogP contribution in [0.3, 0.4) is 0 Å². The van der Waals surface area contributed by atoms with Gasteiger partial charge < -0.3 is 18.8 Å². The highest BCUT2D eigenvalue weighted by molar-refractivity contribution is 9.10. The monoisotopic (exact) mass is 488 g/mol. The molecule has 1 aliphatic rings. The molecule has 2 heterocycles. The van der Waals surface area contributed by atoms with E-state index in [0.717, 1.165) is 4.47 Å². The van der Waals surface area contributed by atoms with E-state index >= 15 is 0 Å². The van der Waals surface area contributed by atoms with Gasteiger partial charge in [0.2, 0.25) is 5.89 Å². The minimum absolute atomic E-state index is 0.0817. The number of benzene rings is 2. The van der Waals surface area contributed by atoms with Crippen LogP contribution in [-0.2, 0) is 16.1 Å². The molecule has 0 bridgehead atoms. The fraction of sp³-hybridized carbons (Fsp3) is 0.250. The van der Waals surface area contributed by atoms with Gasteiger partial charge in [0.25, 0.3) is 11.6 Å². The third kappa shape index (κ3) is 4.89. The molecule has 0 radical (unpaired) electrons. The van der Waals surface area contributed by atoms with Crippen LogP contribution in [0.15, 0.2) is 51.4 Å². The summed E-state index contributed by atoms with van der Waals surface area (Å²) in [5.41, 5.74) is 0.933. The third-order valence-electron chi connectivity index (χ3n) is 4.66. The first kappa shape index (κ1) is 20.9. The zero-order chi connectivity index (χ0) is 21.8. The van der Waals surface area contributed by atoms with Crippen LogP contribution in [0.4, 0.5) is 11.4 Å². The summed E-state index contributed by atoms with van der Waals surface area (Å²) >= 11 is 3.35. The number of nitrogens with zero attached hydrogens (tertiary/aromatic N) is 4. The van der Waals surface area contributed by atoms with E-state index in [0.29, 0.717) is 37.6 Å². The topological polar surface area (TPSA) is 121 Å². The summed E-state index contributed by atoms with van der Waals surface area (Å²) in [6, 6.07) is 11.6. The number of carbonyl (C=O) groups excluding carboxylic acids is 1. The Balaban J connectivity index is 1.48. The normalized spacial score (nSPS) is 13.8. The first-order valence-electron chi connectivity index (χ1n) is 9.38. The van der Waals surface area contributed by atoms with Gasteiger partial charge in [0.1, 0.15) is 5.56 Å². The van der Waals surface area contributed by atoms with Crippen molar-refractivity contribution in [2.24, 2.45) is 0 Å². The molecule has 4 rings (SSSR count). The second kappa shape index (κ2) is 9.23. The van der Waals surface area contributed by atoms with Gasteiger partial charge in [-0.2, -0.15) is 0 Å². The molecule has 2 aromatic carbocycles. The molecule has 3 aromatic rings. The summed E-state index contributed by atoms with van der Waals surface area (Å²) in [6.45, 7) is 2.06. The quantitative estimate of drug-likeness (QED) is 0.291. The van der Waals surface area contributed by atoms with Crippen LogP contribution >= 0.6 is 15.9 Å². The molecule has 0 aliphatic carbocycles. The van der Waals surface area contributed by atoms with Gasteiger partial charge in [-0.05, 0) is 36.4 Å². The Morgan fingerprint density at radius 2 is 1.90 bits per heavy atom. The molecule has 160 valence electrons. The Labute approximate surface area is 185 Å². The number of hydrogen-bond donors (Lipinski definition) is 0. The first-order valence-corrected chi connectivity index (χ1v) is 10.2. The van der Waals surface area contributed by atoms with E-state index in [1.165, 1.54) is 12.1 Å². The molecule has 1 saturated heterocycles. The van der Waals surface area contributed by atoms with Gasteiger partial charge in [-0.3, -0.25) is 10.1 Å². The maximum absolute atomic E-state index is 12.6. The molecule has 0 saturated carbocycles. The number of esters is 1. The van der Waals surface area contributed by atoms with Gasteiger partial charge in [-0.15, -0.1) is 10.2 Å². The summed E-state index contributed by atoms with van der Waals surface area (Å²) in [4.78, 5) is 25.4. The van der Waals surface area contributed by atoms with E-state index in [2.05, 4.69) is 26.1 Å².